The molecule has 0 aliphatic heterocycles. The average Bonchev–Trinajstić information content (AvgIpc) is 2.43. The Labute approximate surface area is 125 Å². The number of hydrogen-bond acceptors (Lipinski definition) is 5. The van der Waals surface area contributed by atoms with Gasteiger partial charge in [0.2, 0.25) is 0 Å². The Morgan fingerprint density at radius 2 is 1.86 bits per heavy atom. The Hall–Kier alpha value is -1.15. The first-order valence-corrected chi connectivity index (χ1v) is 8.23. The molecule has 0 bridgehead atoms. The van der Waals surface area contributed by atoms with Gasteiger partial charge in [-0.2, -0.15) is 8.42 Å². The van der Waals surface area contributed by atoms with Crippen molar-refractivity contribution in [1.82, 2.24) is 0 Å². The third-order valence-corrected chi connectivity index (χ3v) is 3.62. The molecule has 0 saturated carbocycles. The summed E-state index contributed by atoms with van der Waals surface area (Å²) >= 11 is 0. The molecule has 1 aromatic carbocycles. The summed E-state index contributed by atoms with van der Waals surface area (Å²) in [5.41, 5.74) is 0.904. The molecule has 21 heavy (non-hydrogen) atoms. The van der Waals surface area contributed by atoms with Crippen molar-refractivity contribution in [3.05, 3.63) is 23.8 Å². The fourth-order valence-corrected chi connectivity index (χ4v) is 2.26. The molecule has 0 aliphatic carbocycles. The standard InChI is InChI=1S/C14H22O6S/c1-3-4-12-5-6-13(21(15,16)17)11-14(12)20-10-9-19-8-7-18-2/h5-6,11H,3-4,7-10H2,1-2H3,(H,15,16,17). The molecule has 1 rings (SSSR count). The molecule has 0 fully saturated rings. The third kappa shape index (κ3) is 6.43. The molecular weight excluding hydrogens is 296 g/mol. The summed E-state index contributed by atoms with van der Waals surface area (Å²) in [7, 11) is -2.63. The monoisotopic (exact) mass is 318 g/mol. The van der Waals surface area contributed by atoms with Crippen LogP contribution in [0.4, 0.5) is 0 Å². The lowest BCUT2D eigenvalue weighted by Gasteiger charge is -2.12. The van der Waals surface area contributed by atoms with Gasteiger partial charge >= 0.3 is 0 Å². The summed E-state index contributed by atoms with van der Waals surface area (Å²) in [6.45, 7) is 3.70. The Kier molecular flexibility index (Phi) is 7.66. The van der Waals surface area contributed by atoms with Gasteiger partial charge in [0.15, 0.2) is 0 Å². The predicted octanol–water partition coefficient (Wildman–Crippen LogP) is 1.93. The zero-order chi connectivity index (χ0) is 15.7. The topological polar surface area (TPSA) is 82.1 Å². The van der Waals surface area contributed by atoms with Gasteiger partial charge in [-0.1, -0.05) is 19.4 Å². The lowest BCUT2D eigenvalue weighted by atomic mass is 10.1. The van der Waals surface area contributed by atoms with E-state index in [4.69, 9.17) is 18.8 Å². The van der Waals surface area contributed by atoms with Crippen LogP contribution in [0.3, 0.4) is 0 Å². The Morgan fingerprint density at radius 3 is 2.48 bits per heavy atom. The van der Waals surface area contributed by atoms with E-state index in [1.165, 1.54) is 12.1 Å². The predicted molar refractivity (Wildman–Crippen MR) is 78.4 cm³/mol. The van der Waals surface area contributed by atoms with Gasteiger partial charge in [-0.25, -0.2) is 0 Å². The van der Waals surface area contributed by atoms with Crippen LogP contribution in [-0.2, 0) is 26.0 Å². The van der Waals surface area contributed by atoms with Crippen molar-refractivity contribution < 1.29 is 27.2 Å². The van der Waals surface area contributed by atoms with Crippen molar-refractivity contribution in [3.63, 3.8) is 0 Å². The highest BCUT2D eigenvalue weighted by Gasteiger charge is 2.13. The molecule has 0 atom stereocenters. The molecule has 0 radical (unpaired) electrons. The smallest absolute Gasteiger partial charge is 0.294 e. The van der Waals surface area contributed by atoms with Crippen LogP contribution in [0.5, 0.6) is 5.75 Å². The van der Waals surface area contributed by atoms with E-state index in [0.29, 0.717) is 32.2 Å². The fraction of sp³-hybridized carbons (Fsp3) is 0.571. The highest BCUT2D eigenvalue weighted by molar-refractivity contribution is 7.85. The molecule has 0 heterocycles. The van der Waals surface area contributed by atoms with Crippen molar-refractivity contribution in [3.8, 4) is 5.75 Å². The number of benzene rings is 1. The Morgan fingerprint density at radius 1 is 1.14 bits per heavy atom. The minimum absolute atomic E-state index is 0.169. The number of aryl methyl sites for hydroxylation is 1. The molecule has 0 unspecified atom stereocenters. The van der Waals surface area contributed by atoms with Gasteiger partial charge in [0.1, 0.15) is 12.4 Å². The van der Waals surface area contributed by atoms with Crippen molar-refractivity contribution in [2.45, 2.75) is 24.7 Å². The molecule has 0 aromatic heterocycles. The van der Waals surface area contributed by atoms with Crippen LogP contribution in [0.15, 0.2) is 23.1 Å². The van der Waals surface area contributed by atoms with E-state index < -0.39 is 10.1 Å². The summed E-state index contributed by atoms with van der Waals surface area (Å²) in [5, 5.41) is 0. The van der Waals surface area contributed by atoms with Crippen LogP contribution in [0.2, 0.25) is 0 Å². The van der Waals surface area contributed by atoms with Crippen LogP contribution in [-0.4, -0.2) is 46.5 Å². The first-order chi connectivity index (χ1) is 9.99. The first-order valence-electron chi connectivity index (χ1n) is 6.79. The molecule has 6 nitrogen and oxygen atoms in total. The van der Waals surface area contributed by atoms with Crippen LogP contribution in [0.1, 0.15) is 18.9 Å². The molecule has 0 amide bonds. The van der Waals surface area contributed by atoms with E-state index in [9.17, 15) is 8.42 Å². The largest absolute Gasteiger partial charge is 0.491 e. The number of ether oxygens (including phenoxy) is 3. The molecule has 0 aliphatic rings. The van der Waals surface area contributed by atoms with Crippen molar-refractivity contribution in [2.75, 3.05) is 33.5 Å². The summed E-state index contributed by atoms with van der Waals surface area (Å²) in [6, 6.07) is 4.38. The third-order valence-electron chi connectivity index (χ3n) is 2.77. The van der Waals surface area contributed by atoms with E-state index in [2.05, 4.69) is 0 Å². The van der Waals surface area contributed by atoms with E-state index in [-0.39, 0.29) is 4.90 Å². The summed E-state index contributed by atoms with van der Waals surface area (Å²) in [5.74, 6) is 0.460. The second kappa shape index (κ2) is 8.99. The zero-order valence-electron chi connectivity index (χ0n) is 12.4. The lowest BCUT2D eigenvalue weighted by Crippen LogP contribution is -2.11. The van der Waals surface area contributed by atoms with Crippen LogP contribution < -0.4 is 4.74 Å². The van der Waals surface area contributed by atoms with Gasteiger partial charge in [0, 0.05) is 13.2 Å². The molecule has 0 spiro atoms. The number of rotatable bonds is 10. The first kappa shape index (κ1) is 17.9. The molecule has 7 heteroatoms. The van der Waals surface area contributed by atoms with Gasteiger partial charge in [-0.3, -0.25) is 4.55 Å². The normalized spacial score (nSPS) is 11.6. The fourth-order valence-electron chi connectivity index (χ4n) is 1.76. The highest BCUT2D eigenvalue weighted by atomic mass is 32.2. The van der Waals surface area contributed by atoms with Gasteiger partial charge < -0.3 is 14.2 Å². The maximum atomic E-state index is 11.2. The minimum Gasteiger partial charge on any atom is -0.491 e. The number of hydrogen-bond donors (Lipinski definition) is 1. The van der Waals surface area contributed by atoms with Gasteiger partial charge in [-0.05, 0) is 18.1 Å². The summed E-state index contributed by atoms with van der Waals surface area (Å²) < 4.78 is 47.1. The maximum absolute atomic E-state index is 11.2. The van der Waals surface area contributed by atoms with Crippen molar-refractivity contribution in [2.24, 2.45) is 0 Å². The van der Waals surface area contributed by atoms with E-state index in [0.717, 1.165) is 18.4 Å². The van der Waals surface area contributed by atoms with E-state index in [1.807, 2.05) is 6.92 Å². The molecule has 1 N–H and O–H groups in total. The van der Waals surface area contributed by atoms with Gasteiger partial charge in [0.05, 0.1) is 24.7 Å². The average molecular weight is 318 g/mol. The quantitative estimate of drug-likeness (QED) is 0.524. The summed E-state index contributed by atoms with van der Waals surface area (Å²) in [4.78, 5) is -0.169. The Bertz CT molecular complexity index is 526. The van der Waals surface area contributed by atoms with Crippen molar-refractivity contribution >= 4 is 10.1 Å². The van der Waals surface area contributed by atoms with E-state index >= 15 is 0 Å². The lowest BCUT2D eigenvalue weighted by molar-refractivity contribution is 0.0542. The minimum atomic E-state index is -4.23. The van der Waals surface area contributed by atoms with Gasteiger partial charge in [0.25, 0.3) is 10.1 Å². The molecule has 120 valence electrons. The zero-order valence-corrected chi connectivity index (χ0v) is 13.2. The molecule has 0 saturated heterocycles. The molecular formula is C14H22O6S. The maximum Gasteiger partial charge on any atom is 0.294 e. The van der Waals surface area contributed by atoms with Crippen molar-refractivity contribution in [1.29, 1.82) is 0 Å². The second-order valence-electron chi connectivity index (χ2n) is 4.45. The van der Waals surface area contributed by atoms with Crippen LogP contribution >= 0.6 is 0 Å². The van der Waals surface area contributed by atoms with Crippen LogP contribution in [0, 0.1) is 0 Å². The van der Waals surface area contributed by atoms with Crippen LogP contribution in [0.25, 0.3) is 0 Å². The second-order valence-corrected chi connectivity index (χ2v) is 5.87. The van der Waals surface area contributed by atoms with E-state index in [1.54, 1.807) is 13.2 Å². The molecule has 1 aromatic rings. The Balaban J connectivity index is 2.68. The highest BCUT2D eigenvalue weighted by Crippen LogP contribution is 2.24. The number of methoxy groups -OCH3 is 1. The SMILES string of the molecule is CCCc1ccc(S(=O)(=O)O)cc1OCCOCCOC. The summed E-state index contributed by atoms with van der Waals surface area (Å²) in [6.07, 6.45) is 1.68. The van der Waals surface area contributed by atoms with Gasteiger partial charge in [-0.15, -0.1) is 0 Å².